The van der Waals surface area contributed by atoms with E-state index in [2.05, 4.69) is 30.5 Å². The van der Waals surface area contributed by atoms with Crippen molar-refractivity contribution in [2.45, 2.75) is 39.5 Å². The predicted octanol–water partition coefficient (Wildman–Crippen LogP) is 2.98. The molecule has 2 rings (SSSR count). The smallest absolute Gasteiger partial charge is 0.317 e. The van der Waals surface area contributed by atoms with Gasteiger partial charge in [0.15, 0.2) is 0 Å². The van der Waals surface area contributed by atoms with Crippen LogP contribution in [-0.2, 0) is 0 Å². The van der Waals surface area contributed by atoms with Gasteiger partial charge in [0, 0.05) is 37.7 Å². The van der Waals surface area contributed by atoms with Gasteiger partial charge in [-0.15, -0.1) is 0 Å². The maximum atomic E-state index is 12.3. The Kier molecular flexibility index (Phi) is 6.64. The van der Waals surface area contributed by atoms with E-state index in [1.165, 1.54) is 0 Å². The molecule has 1 atom stereocenters. The minimum absolute atomic E-state index is 0.00744. The Hall–Kier alpha value is -2.04. The third kappa shape index (κ3) is 4.98. The van der Waals surface area contributed by atoms with Crippen LogP contribution in [0.25, 0.3) is 0 Å². The summed E-state index contributed by atoms with van der Waals surface area (Å²) in [6, 6.07) is 7.83. The van der Waals surface area contributed by atoms with Crippen LogP contribution in [0.2, 0.25) is 0 Å². The van der Waals surface area contributed by atoms with Crippen molar-refractivity contribution in [2.75, 3.05) is 26.2 Å². The van der Waals surface area contributed by atoms with Crippen LogP contribution in [0, 0.1) is 5.92 Å². The van der Waals surface area contributed by atoms with Gasteiger partial charge in [-0.25, -0.2) is 4.79 Å². The van der Waals surface area contributed by atoms with Crippen LogP contribution in [0.4, 0.5) is 4.79 Å². The zero-order valence-corrected chi connectivity index (χ0v) is 15.0. The number of amides is 3. The highest BCUT2D eigenvalue weighted by Crippen LogP contribution is 2.27. The standard InChI is InChI=1S/C19H29N3O2/c1-4-20-19(24)22-10-6-9-17(13-22)15-7-5-8-16(11-15)18(23)21-12-14(2)3/h5,7-8,11,14,17H,4,6,9-10,12-13H2,1-3H3,(H,20,24)(H,21,23). The zero-order chi connectivity index (χ0) is 17.5. The molecule has 5 heteroatoms. The Morgan fingerprint density at radius 1 is 1.29 bits per heavy atom. The summed E-state index contributed by atoms with van der Waals surface area (Å²) in [7, 11) is 0. The van der Waals surface area contributed by atoms with Gasteiger partial charge in [0.2, 0.25) is 0 Å². The quantitative estimate of drug-likeness (QED) is 0.871. The van der Waals surface area contributed by atoms with E-state index in [0.717, 1.165) is 24.9 Å². The average molecular weight is 331 g/mol. The minimum Gasteiger partial charge on any atom is -0.352 e. The molecule has 2 N–H and O–H groups in total. The molecule has 1 heterocycles. The van der Waals surface area contributed by atoms with Crippen LogP contribution < -0.4 is 10.6 Å². The van der Waals surface area contributed by atoms with Crippen LogP contribution in [-0.4, -0.2) is 43.0 Å². The van der Waals surface area contributed by atoms with Gasteiger partial charge in [0.25, 0.3) is 5.91 Å². The normalized spacial score (nSPS) is 17.7. The van der Waals surface area contributed by atoms with Gasteiger partial charge in [-0.3, -0.25) is 4.79 Å². The molecule has 132 valence electrons. The van der Waals surface area contributed by atoms with Crippen LogP contribution in [0.15, 0.2) is 24.3 Å². The maximum absolute atomic E-state index is 12.3. The lowest BCUT2D eigenvalue weighted by Gasteiger charge is -2.33. The van der Waals surface area contributed by atoms with Crippen molar-refractivity contribution in [3.63, 3.8) is 0 Å². The fourth-order valence-corrected chi connectivity index (χ4v) is 3.03. The monoisotopic (exact) mass is 331 g/mol. The number of urea groups is 1. The molecule has 0 spiro atoms. The van der Waals surface area contributed by atoms with E-state index < -0.39 is 0 Å². The highest BCUT2D eigenvalue weighted by molar-refractivity contribution is 5.94. The maximum Gasteiger partial charge on any atom is 0.317 e. The molecular formula is C19H29N3O2. The Labute approximate surface area is 144 Å². The molecule has 1 unspecified atom stereocenters. The number of carbonyl (C=O) groups excluding carboxylic acids is 2. The van der Waals surface area contributed by atoms with E-state index >= 15 is 0 Å². The van der Waals surface area contributed by atoms with Crippen molar-refractivity contribution in [2.24, 2.45) is 5.92 Å². The lowest BCUT2D eigenvalue weighted by atomic mass is 9.89. The first-order valence-electron chi connectivity index (χ1n) is 8.92. The largest absolute Gasteiger partial charge is 0.352 e. The number of hydrogen-bond donors (Lipinski definition) is 2. The van der Waals surface area contributed by atoms with E-state index in [0.29, 0.717) is 37.0 Å². The topological polar surface area (TPSA) is 61.4 Å². The molecule has 0 aliphatic carbocycles. The van der Waals surface area contributed by atoms with E-state index in [1.54, 1.807) is 0 Å². The van der Waals surface area contributed by atoms with E-state index in [9.17, 15) is 9.59 Å². The summed E-state index contributed by atoms with van der Waals surface area (Å²) < 4.78 is 0. The Bertz CT molecular complexity index is 571. The molecular weight excluding hydrogens is 302 g/mol. The van der Waals surface area contributed by atoms with Gasteiger partial charge in [-0.2, -0.15) is 0 Å². The molecule has 0 radical (unpaired) electrons. The second-order valence-electron chi connectivity index (χ2n) is 6.85. The SMILES string of the molecule is CCNC(=O)N1CCCC(c2cccc(C(=O)NCC(C)C)c2)C1. The van der Waals surface area contributed by atoms with Crippen molar-refractivity contribution in [1.29, 1.82) is 0 Å². The van der Waals surface area contributed by atoms with Crippen molar-refractivity contribution >= 4 is 11.9 Å². The summed E-state index contributed by atoms with van der Waals surface area (Å²) in [6.45, 7) is 8.92. The zero-order valence-electron chi connectivity index (χ0n) is 15.0. The second-order valence-corrected chi connectivity index (χ2v) is 6.85. The molecule has 3 amide bonds. The first-order chi connectivity index (χ1) is 11.5. The van der Waals surface area contributed by atoms with Crippen LogP contribution >= 0.6 is 0 Å². The molecule has 1 fully saturated rings. The number of rotatable bonds is 5. The highest BCUT2D eigenvalue weighted by atomic mass is 16.2. The van der Waals surface area contributed by atoms with Crippen molar-refractivity contribution in [1.82, 2.24) is 15.5 Å². The lowest BCUT2D eigenvalue weighted by molar-refractivity contribution is 0.0948. The number of carbonyl (C=O) groups is 2. The number of nitrogens with one attached hydrogen (secondary N) is 2. The molecule has 1 saturated heterocycles. The second kappa shape index (κ2) is 8.71. The van der Waals surface area contributed by atoms with Gasteiger partial charge in [-0.1, -0.05) is 26.0 Å². The van der Waals surface area contributed by atoms with Gasteiger partial charge >= 0.3 is 6.03 Å². The number of piperidine rings is 1. The molecule has 0 aromatic heterocycles. The molecule has 24 heavy (non-hydrogen) atoms. The predicted molar refractivity (Wildman–Crippen MR) is 96.2 cm³/mol. The van der Waals surface area contributed by atoms with Gasteiger partial charge < -0.3 is 15.5 Å². The van der Waals surface area contributed by atoms with Gasteiger partial charge in [-0.05, 0) is 43.4 Å². The van der Waals surface area contributed by atoms with Crippen molar-refractivity contribution in [3.8, 4) is 0 Å². The van der Waals surface area contributed by atoms with Gasteiger partial charge in [0.1, 0.15) is 0 Å². The average Bonchev–Trinajstić information content (AvgIpc) is 2.60. The van der Waals surface area contributed by atoms with E-state index in [1.807, 2.05) is 30.0 Å². The van der Waals surface area contributed by atoms with Crippen molar-refractivity contribution in [3.05, 3.63) is 35.4 Å². The van der Waals surface area contributed by atoms with Crippen LogP contribution in [0.1, 0.15) is 55.5 Å². The molecule has 1 aromatic carbocycles. The fraction of sp³-hybridized carbons (Fsp3) is 0.579. The number of benzene rings is 1. The molecule has 1 aliphatic heterocycles. The summed E-state index contributed by atoms with van der Waals surface area (Å²) >= 11 is 0. The number of likely N-dealkylation sites (tertiary alicyclic amines) is 1. The number of hydrogen-bond acceptors (Lipinski definition) is 2. The van der Waals surface area contributed by atoms with Crippen LogP contribution in [0.3, 0.4) is 0 Å². The Balaban J connectivity index is 2.04. The third-order valence-electron chi connectivity index (χ3n) is 4.33. The highest BCUT2D eigenvalue weighted by Gasteiger charge is 2.24. The Morgan fingerprint density at radius 3 is 2.79 bits per heavy atom. The molecule has 1 aliphatic rings. The minimum atomic E-state index is -0.0260. The van der Waals surface area contributed by atoms with Gasteiger partial charge in [0.05, 0.1) is 0 Å². The fourth-order valence-electron chi connectivity index (χ4n) is 3.03. The third-order valence-corrected chi connectivity index (χ3v) is 4.33. The molecule has 1 aromatic rings. The molecule has 5 nitrogen and oxygen atoms in total. The van der Waals surface area contributed by atoms with Crippen LogP contribution in [0.5, 0.6) is 0 Å². The molecule has 0 saturated carbocycles. The first-order valence-corrected chi connectivity index (χ1v) is 8.92. The lowest BCUT2D eigenvalue weighted by Crippen LogP contribution is -2.44. The number of nitrogens with zero attached hydrogens (tertiary/aromatic N) is 1. The van der Waals surface area contributed by atoms with E-state index in [-0.39, 0.29) is 11.9 Å². The summed E-state index contributed by atoms with van der Waals surface area (Å²) in [5.41, 5.74) is 1.84. The molecule has 0 bridgehead atoms. The summed E-state index contributed by atoms with van der Waals surface area (Å²) in [4.78, 5) is 26.2. The summed E-state index contributed by atoms with van der Waals surface area (Å²) in [6.07, 6.45) is 2.04. The van der Waals surface area contributed by atoms with Crippen molar-refractivity contribution < 1.29 is 9.59 Å². The van der Waals surface area contributed by atoms with E-state index in [4.69, 9.17) is 0 Å². The summed E-state index contributed by atoms with van der Waals surface area (Å²) in [5.74, 6) is 0.697. The summed E-state index contributed by atoms with van der Waals surface area (Å²) in [5, 5.41) is 5.83. The Morgan fingerprint density at radius 2 is 2.08 bits per heavy atom. The first kappa shape index (κ1) is 18.3.